The first kappa shape index (κ1) is 18.2. The quantitative estimate of drug-likeness (QED) is 0.363. The molecule has 0 aliphatic carbocycles. The fourth-order valence-corrected chi connectivity index (χ4v) is 15.8. The lowest BCUT2D eigenvalue weighted by Crippen LogP contribution is -2.14. The molecular formula is C21H31NP2. The van der Waals surface area contributed by atoms with E-state index < -0.39 is 6.74 Å². The highest BCUT2D eigenvalue weighted by Crippen LogP contribution is 2.83. The van der Waals surface area contributed by atoms with Crippen LogP contribution in [0.2, 0.25) is 0 Å². The van der Waals surface area contributed by atoms with E-state index in [-0.39, 0.29) is 7.61 Å². The van der Waals surface area contributed by atoms with Gasteiger partial charge in [-0.15, -0.1) is 0 Å². The molecule has 2 aliphatic rings. The molecule has 0 bridgehead atoms. The van der Waals surface area contributed by atoms with E-state index in [4.69, 9.17) is 4.74 Å². The third-order valence-corrected chi connectivity index (χ3v) is 16.1. The van der Waals surface area contributed by atoms with Gasteiger partial charge < -0.3 is 0 Å². The molecule has 2 aliphatic heterocycles. The van der Waals surface area contributed by atoms with Gasteiger partial charge in [0.05, 0.1) is 5.69 Å². The van der Waals surface area contributed by atoms with Crippen molar-refractivity contribution in [3.8, 4) is 0 Å². The number of allylic oxidation sites excluding steroid dienone is 4. The summed E-state index contributed by atoms with van der Waals surface area (Å²) in [6, 6.07) is 4.62. The van der Waals surface area contributed by atoms with Crippen LogP contribution in [0.5, 0.6) is 0 Å². The van der Waals surface area contributed by atoms with Crippen LogP contribution in [-0.2, 0) is 0 Å². The maximum absolute atomic E-state index is 5.65. The number of nitrogens with zero attached hydrogens (tertiary/aromatic N) is 1. The predicted octanol–water partition coefficient (Wildman–Crippen LogP) is 7.54. The molecule has 130 valence electrons. The van der Waals surface area contributed by atoms with Gasteiger partial charge in [-0.25, -0.2) is 0 Å². The SMILES string of the molecule is CC1=C(C)CP2(=Nc3c(C)cc(C)cc3C)CC(C)=C(C)CP2C1. The van der Waals surface area contributed by atoms with Crippen LogP contribution in [-0.4, -0.2) is 24.6 Å². The predicted molar refractivity (Wildman–Crippen MR) is 113 cm³/mol. The van der Waals surface area contributed by atoms with Gasteiger partial charge in [-0.1, -0.05) is 47.6 Å². The zero-order valence-corrected chi connectivity index (χ0v) is 18.1. The Kier molecular flexibility index (Phi) is 4.98. The summed E-state index contributed by atoms with van der Waals surface area (Å²) in [6.45, 7) is 14.8. The third kappa shape index (κ3) is 3.23. The number of hydrogen-bond donors (Lipinski definition) is 0. The highest BCUT2D eigenvalue weighted by atomic mass is 32.1. The molecule has 0 unspecified atom stereocenters. The number of hydrogen-bond acceptors (Lipinski definition) is 1. The van der Waals surface area contributed by atoms with Crippen LogP contribution < -0.4 is 0 Å². The summed E-state index contributed by atoms with van der Waals surface area (Å²) in [4.78, 5) is 0. The third-order valence-electron chi connectivity index (χ3n) is 5.73. The van der Waals surface area contributed by atoms with E-state index in [1.807, 2.05) is 0 Å². The van der Waals surface area contributed by atoms with Crippen molar-refractivity contribution in [2.75, 3.05) is 24.6 Å². The van der Waals surface area contributed by atoms with Crippen LogP contribution in [0.15, 0.2) is 39.2 Å². The Labute approximate surface area is 149 Å². The maximum Gasteiger partial charge on any atom is 0.0676 e. The van der Waals surface area contributed by atoms with Gasteiger partial charge >= 0.3 is 0 Å². The summed E-state index contributed by atoms with van der Waals surface area (Å²) in [5.41, 5.74) is 11.9. The van der Waals surface area contributed by atoms with E-state index >= 15 is 0 Å². The minimum Gasteiger partial charge on any atom is -0.262 e. The molecule has 0 N–H and O–H groups in total. The van der Waals surface area contributed by atoms with Crippen molar-refractivity contribution in [3.05, 3.63) is 51.1 Å². The number of fused-ring (bicyclic) bond motifs is 1. The van der Waals surface area contributed by atoms with Gasteiger partial charge in [0.25, 0.3) is 0 Å². The lowest BCUT2D eigenvalue weighted by Gasteiger charge is -2.43. The first-order valence-corrected chi connectivity index (χ1v) is 13.5. The zero-order chi connectivity index (χ0) is 17.6. The average molecular weight is 359 g/mol. The molecule has 0 saturated heterocycles. The highest BCUT2D eigenvalue weighted by Gasteiger charge is 2.38. The largest absolute Gasteiger partial charge is 0.262 e. The molecular weight excluding hydrogens is 328 g/mol. The Bertz CT molecular complexity index is 754. The van der Waals surface area contributed by atoms with Gasteiger partial charge in [0, 0.05) is 19.1 Å². The van der Waals surface area contributed by atoms with Crippen molar-refractivity contribution in [3.63, 3.8) is 0 Å². The summed E-state index contributed by atoms with van der Waals surface area (Å²) in [6.07, 6.45) is 5.18. The monoisotopic (exact) mass is 359 g/mol. The molecule has 0 saturated carbocycles. The topological polar surface area (TPSA) is 12.4 Å². The van der Waals surface area contributed by atoms with Crippen LogP contribution >= 0.6 is 14.4 Å². The van der Waals surface area contributed by atoms with Gasteiger partial charge in [0.2, 0.25) is 0 Å². The van der Waals surface area contributed by atoms with Gasteiger partial charge in [0.1, 0.15) is 0 Å². The van der Waals surface area contributed by atoms with Crippen molar-refractivity contribution in [2.24, 2.45) is 4.74 Å². The molecule has 0 amide bonds. The van der Waals surface area contributed by atoms with Crippen LogP contribution in [0.4, 0.5) is 5.69 Å². The van der Waals surface area contributed by atoms with E-state index in [1.54, 1.807) is 22.3 Å². The second-order valence-electron chi connectivity index (χ2n) is 7.99. The van der Waals surface area contributed by atoms with Gasteiger partial charge in [-0.2, -0.15) is 0 Å². The standard InChI is InChI=1S/C21H31NP2/c1-14-8-15(2)21(16(3)9-14)22-24-12-19(6)17(4)10-23(24)11-18(5)20(7)13-24/h8-9H,10-13H2,1-7H3. The minimum atomic E-state index is -1.30. The van der Waals surface area contributed by atoms with Crippen molar-refractivity contribution < 1.29 is 0 Å². The molecule has 0 aromatic heterocycles. The second kappa shape index (κ2) is 6.59. The normalized spacial score (nSPS) is 27.4. The Balaban J connectivity index is 2.21. The lowest BCUT2D eigenvalue weighted by atomic mass is 10.1. The fourth-order valence-electron chi connectivity index (χ4n) is 4.07. The van der Waals surface area contributed by atoms with E-state index in [0.717, 1.165) is 0 Å². The Morgan fingerprint density at radius 1 is 0.750 bits per heavy atom. The van der Waals surface area contributed by atoms with Crippen molar-refractivity contribution in [1.29, 1.82) is 0 Å². The lowest BCUT2D eigenvalue weighted by molar-refractivity contribution is 1.17. The van der Waals surface area contributed by atoms with Crippen molar-refractivity contribution in [2.45, 2.75) is 48.5 Å². The minimum absolute atomic E-state index is 0.0101. The van der Waals surface area contributed by atoms with Gasteiger partial charge in [-0.3, -0.25) is 4.74 Å². The molecule has 3 heteroatoms. The average Bonchev–Trinajstić information content (AvgIpc) is 2.47. The van der Waals surface area contributed by atoms with E-state index in [2.05, 4.69) is 60.6 Å². The zero-order valence-electron chi connectivity index (χ0n) is 16.3. The van der Waals surface area contributed by atoms with Gasteiger partial charge in [-0.05, 0) is 71.9 Å². The molecule has 0 radical (unpaired) electrons. The maximum atomic E-state index is 5.65. The van der Waals surface area contributed by atoms with Crippen LogP contribution in [0.1, 0.15) is 44.4 Å². The Hall–Kier alpha value is -0.640. The second-order valence-corrected chi connectivity index (χ2v) is 16.2. The summed E-state index contributed by atoms with van der Waals surface area (Å²) in [7, 11) is 0.0101. The Morgan fingerprint density at radius 2 is 1.21 bits per heavy atom. The van der Waals surface area contributed by atoms with E-state index in [0.29, 0.717) is 0 Å². The number of rotatable bonds is 1. The molecule has 1 aromatic carbocycles. The Morgan fingerprint density at radius 3 is 1.67 bits per heavy atom. The van der Waals surface area contributed by atoms with Crippen LogP contribution in [0.25, 0.3) is 0 Å². The molecule has 0 fully saturated rings. The van der Waals surface area contributed by atoms with E-state index in [1.165, 1.54) is 47.0 Å². The van der Waals surface area contributed by atoms with Crippen LogP contribution in [0.3, 0.4) is 0 Å². The molecule has 3 rings (SSSR count). The number of aryl methyl sites for hydroxylation is 3. The summed E-state index contributed by atoms with van der Waals surface area (Å²) in [5, 5.41) is 0. The first-order chi connectivity index (χ1) is 11.2. The summed E-state index contributed by atoms with van der Waals surface area (Å²) in [5.74, 6) is 0. The fraction of sp³-hybridized carbons (Fsp3) is 0.524. The molecule has 0 atom stereocenters. The molecule has 24 heavy (non-hydrogen) atoms. The van der Waals surface area contributed by atoms with Crippen molar-refractivity contribution in [1.82, 2.24) is 0 Å². The summed E-state index contributed by atoms with van der Waals surface area (Å²) < 4.78 is 5.65. The molecule has 1 aromatic rings. The smallest absolute Gasteiger partial charge is 0.0676 e. The molecule has 0 spiro atoms. The number of benzene rings is 1. The van der Waals surface area contributed by atoms with Crippen LogP contribution in [0, 0.1) is 20.8 Å². The van der Waals surface area contributed by atoms with Crippen molar-refractivity contribution >= 4 is 20.0 Å². The summed E-state index contributed by atoms with van der Waals surface area (Å²) >= 11 is 0. The van der Waals surface area contributed by atoms with Gasteiger partial charge in [0.15, 0.2) is 0 Å². The first-order valence-electron chi connectivity index (χ1n) is 8.96. The molecule has 1 nitrogen and oxygen atoms in total. The molecule has 2 heterocycles. The van der Waals surface area contributed by atoms with E-state index in [9.17, 15) is 0 Å². The highest BCUT2D eigenvalue weighted by molar-refractivity contribution is 8.34.